The fraction of sp³-hybridized carbons (Fsp3) is 0.500. The molecule has 7 heteroatoms. The number of hydrogen-bond donors (Lipinski definition) is 1. The van der Waals surface area contributed by atoms with Gasteiger partial charge in [-0.2, -0.15) is 10.2 Å². The monoisotopic (exact) mass is 307 g/mol. The summed E-state index contributed by atoms with van der Waals surface area (Å²) in [6.45, 7) is 2.33. The van der Waals surface area contributed by atoms with Gasteiger partial charge in [-0.15, -0.1) is 0 Å². The van der Waals surface area contributed by atoms with Gasteiger partial charge in [0.1, 0.15) is 0 Å². The van der Waals surface area contributed by atoms with E-state index < -0.39 is 0 Å². The maximum absolute atomic E-state index is 12.1. The fourth-order valence-corrected chi connectivity index (χ4v) is 2.58. The fourth-order valence-electron chi connectivity index (χ4n) is 2.23. The lowest BCUT2D eigenvalue weighted by atomic mass is 10.3. The van der Waals surface area contributed by atoms with Gasteiger partial charge in [0.2, 0.25) is 0 Å². The molecule has 0 spiro atoms. The van der Waals surface area contributed by atoms with Crippen molar-refractivity contribution in [2.45, 2.75) is 38.8 Å². The number of nitrogens with one attached hydrogen (secondary N) is 1. The Kier molecular flexibility index (Phi) is 3.71. The molecule has 1 aliphatic carbocycles. The van der Waals surface area contributed by atoms with E-state index >= 15 is 0 Å². The molecule has 0 saturated heterocycles. The molecular weight excluding hydrogens is 290 g/mol. The van der Waals surface area contributed by atoms with E-state index in [0.717, 1.165) is 36.3 Å². The van der Waals surface area contributed by atoms with E-state index in [1.165, 1.54) is 4.68 Å². The zero-order valence-electron chi connectivity index (χ0n) is 12.1. The Morgan fingerprint density at radius 2 is 2.24 bits per heavy atom. The molecule has 3 rings (SSSR count). The normalized spacial score (nSPS) is 14.4. The van der Waals surface area contributed by atoms with Crippen LogP contribution in [0, 0.1) is 0 Å². The van der Waals surface area contributed by atoms with Gasteiger partial charge in [0.25, 0.3) is 5.56 Å². The van der Waals surface area contributed by atoms with Gasteiger partial charge in [0.05, 0.1) is 34.8 Å². The number of rotatable bonds is 5. The first-order valence-corrected chi connectivity index (χ1v) is 7.50. The van der Waals surface area contributed by atoms with Gasteiger partial charge >= 0.3 is 0 Å². The average molecular weight is 308 g/mol. The molecule has 1 aliphatic rings. The predicted molar refractivity (Wildman–Crippen MR) is 81.8 cm³/mol. The van der Waals surface area contributed by atoms with Crippen LogP contribution in [0.3, 0.4) is 0 Å². The minimum atomic E-state index is -0.143. The maximum atomic E-state index is 12.1. The van der Waals surface area contributed by atoms with Crippen LogP contribution in [-0.4, -0.2) is 25.6 Å². The third-order valence-corrected chi connectivity index (χ3v) is 4.06. The molecule has 1 N–H and O–H groups in total. The van der Waals surface area contributed by atoms with E-state index in [1.807, 2.05) is 14.0 Å². The molecule has 0 atom stereocenters. The Morgan fingerprint density at radius 1 is 1.48 bits per heavy atom. The van der Waals surface area contributed by atoms with Crippen LogP contribution in [-0.2, 0) is 20.0 Å². The van der Waals surface area contributed by atoms with Crippen molar-refractivity contribution in [3.63, 3.8) is 0 Å². The number of aromatic nitrogens is 4. The van der Waals surface area contributed by atoms with Crippen molar-refractivity contribution in [1.82, 2.24) is 19.6 Å². The van der Waals surface area contributed by atoms with E-state index in [4.69, 9.17) is 11.6 Å². The van der Waals surface area contributed by atoms with Crippen LogP contribution in [0.1, 0.15) is 31.2 Å². The van der Waals surface area contributed by atoms with Crippen LogP contribution in [0.15, 0.2) is 17.1 Å². The summed E-state index contributed by atoms with van der Waals surface area (Å²) in [5, 5.41) is 12.4. The van der Waals surface area contributed by atoms with Gasteiger partial charge in [-0.25, -0.2) is 4.68 Å². The number of halogens is 1. The van der Waals surface area contributed by atoms with Gasteiger partial charge in [-0.05, 0) is 19.3 Å². The number of hydrogen-bond acceptors (Lipinski definition) is 4. The van der Waals surface area contributed by atoms with Crippen molar-refractivity contribution < 1.29 is 0 Å². The first-order chi connectivity index (χ1) is 10.1. The molecule has 2 heterocycles. The van der Waals surface area contributed by atoms with Gasteiger partial charge < -0.3 is 5.32 Å². The van der Waals surface area contributed by atoms with Crippen LogP contribution < -0.4 is 10.9 Å². The highest BCUT2D eigenvalue weighted by atomic mass is 35.5. The molecular formula is C14H18ClN5O. The second-order valence-electron chi connectivity index (χ2n) is 5.34. The van der Waals surface area contributed by atoms with Crippen LogP contribution in [0.2, 0.25) is 5.02 Å². The highest BCUT2D eigenvalue weighted by molar-refractivity contribution is 6.31. The Balaban J connectivity index is 1.84. The molecule has 2 aromatic rings. The van der Waals surface area contributed by atoms with Gasteiger partial charge in [-0.3, -0.25) is 9.48 Å². The van der Waals surface area contributed by atoms with Gasteiger partial charge in [-0.1, -0.05) is 18.5 Å². The zero-order chi connectivity index (χ0) is 15.0. The molecule has 112 valence electrons. The molecule has 2 aromatic heterocycles. The summed E-state index contributed by atoms with van der Waals surface area (Å²) in [7, 11) is 1.83. The highest BCUT2D eigenvalue weighted by Crippen LogP contribution is 2.24. The van der Waals surface area contributed by atoms with Crippen molar-refractivity contribution >= 4 is 17.3 Å². The number of nitrogens with zero attached hydrogens (tertiary/aromatic N) is 4. The highest BCUT2D eigenvalue weighted by Gasteiger charge is 2.21. The summed E-state index contributed by atoms with van der Waals surface area (Å²) >= 11 is 6.30. The Labute approximate surface area is 127 Å². The molecule has 21 heavy (non-hydrogen) atoms. The van der Waals surface area contributed by atoms with Crippen LogP contribution in [0.5, 0.6) is 0 Å². The molecule has 6 nitrogen and oxygen atoms in total. The first kappa shape index (κ1) is 14.1. The quantitative estimate of drug-likeness (QED) is 0.915. The van der Waals surface area contributed by atoms with E-state index in [-0.39, 0.29) is 5.56 Å². The second-order valence-corrected chi connectivity index (χ2v) is 5.72. The van der Waals surface area contributed by atoms with Crippen molar-refractivity contribution in [1.29, 1.82) is 0 Å². The summed E-state index contributed by atoms with van der Waals surface area (Å²) in [6, 6.07) is 2.08. The largest absolute Gasteiger partial charge is 0.381 e. The van der Waals surface area contributed by atoms with Crippen molar-refractivity contribution in [2.75, 3.05) is 5.32 Å². The molecule has 1 fully saturated rings. The van der Waals surface area contributed by atoms with E-state index in [2.05, 4.69) is 15.5 Å². The van der Waals surface area contributed by atoms with Crippen molar-refractivity contribution in [3.8, 4) is 0 Å². The average Bonchev–Trinajstić information content (AvgIpc) is 3.22. The summed E-state index contributed by atoms with van der Waals surface area (Å²) in [4.78, 5) is 12.1. The molecule has 0 aliphatic heterocycles. The standard InChI is InChI=1S/C14H18ClN5O/c1-3-11-14(15)12(19(2)18-11)8-20-13(21)6-10(7-16-20)17-9-4-5-9/h6-7,9,17H,3-5,8H2,1-2H3. The maximum Gasteiger partial charge on any atom is 0.269 e. The Bertz CT molecular complexity index is 717. The minimum absolute atomic E-state index is 0.143. The minimum Gasteiger partial charge on any atom is -0.381 e. The van der Waals surface area contributed by atoms with Crippen LogP contribution >= 0.6 is 11.6 Å². The molecule has 0 aromatic carbocycles. The van der Waals surface area contributed by atoms with Crippen LogP contribution in [0.25, 0.3) is 0 Å². The van der Waals surface area contributed by atoms with Crippen molar-refractivity contribution in [2.24, 2.45) is 7.05 Å². The molecule has 0 bridgehead atoms. The zero-order valence-corrected chi connectivity index (χ0v) is 12.9. The first-order valence-electron chi connectivity index (χ1n) is 7.12. The lowest BCUT2D eigenvalue weighted by Crippen LogP contribution is -2.24. The summed E-state index contributed by atoms with van der Waals surface area (Å²) < 4.78 is 3.12. The van der Waals surface area contributed by atoms with E-state index in [9.17, 15) is 4.79 Å². The topological polar surface area (TPSA) is 64.7 Å². The third kappa shape index (κ3) is 2.95. The van der Waals surface area contributed by atoms with Crippen LogP contribution in [0.4, 0.5) is 5.69 Å². The number of aryl methyl sites for hydroxylation is 2. The predicted octanol–water partition coefficient (Wildman–Crippen LogP) is 1.82. The lowest BCUT2D eigenvalue weighted by molar-refractivity contribution is 0.590. The Hall–Kier alpha value is -1.82. The van der Waals surface area contributed by atoms with E-state index in [1.54, 1.807) is 16.9 Å². The molecule has 0 amide bonds. The third-order valence-electron chi connectivity index (χ3n) is 3.62. The van der Waals surface area contributed by atoms with Gasteiger partial charge in [0, 0.05) is 19.2 Å². The smallest absolute Gasteiger partial charge is 0.269 e. The molecule has 0 radical (unpaired) electrons. The van der Waals surface area contributed by atoms with Gasteiger partial charge in [0.15, 0.2) is 0 Å². The SMILES string of the molecule is CCc1nn(C)c(Cn2ncc(NC3CC3)cc2=O)c1Cl. The van der Waals surface area contributed by atoms with E-state index in [0.29, 0.717) is 17.6 Å². The Morgan fingerprint density at radius 3 is 2.81 bits per heavy atom. The second kappa shape index (κ2) is 5.52. The molecule has 1 saturated carbocycles. The summed E-state index contributed by atoms with van der Waals surface area (Å²) in [6.07, 6.45) is 4.77. The lowest BCUT2D eigenvalue weighted by Gasteiger charge is -2.08. The number of anilines is 1. The summed E-state index contributed by atoms with van der Waals surface area (Å²) in [5.41, 5.74) is 2.28. The van der Waals surface area contributed by atoms with Crippen molar-refractivity contribution in [3.05, 3.63) is 39.0 Å². The molecule has 0 unspecified atom stereocenters. The summed E-state index contributed by atoms with van der Waals surface area (Å²) in [5.74, 6) is 0.